The van der Waals surface area contributed by atoms with Gasteiger partial charge in [0, 0.05) is 25.3 Å². The summed E-state index contributed by atoms with van der Waals surface area (Å²) < 4.78 is 14.3. The number of carbonyl (C=O) groups is 1. The molecule has 4 N–H and O–H groups in total. The lowest BCUT2D eigenvalue weighted by Gasteiger charge is -2.18. The molecule has 1 saturated heterocycles. The molecule has 0 bridgehead atoms. The Morgan fingerprint density at radius 1 is 1.59 bits per heavy atom. The van der Waals surface area contributed by atoms with Crippen molar-refractivity contribution in [2.75, 3.05) is 25.0 Å². The Labute approximate surface area is 125 Å². The number of nitrogens with one attached hydrogen (secondary N) is 2. The lowest BCUT2D eigenvalue weighted by molar-refractivity contribution is 0.0999. The van der Waals surface area contributed by atoms with Crippen LogP contribution in [-0.4, -0.2) is 42.1 Å². The standard InChI is InChI=1S/C14H16FN5O2/c1-17-7-2-3-20(6-7)14-10(15)4-8-11(21)9(12(16)22)5-18-13(8)19-14/h4-5,7,17H,2-3,6H2,1H3,(H2,16,22)(H,18,19,21). The zero-order valence-electron chi connectivity index (χ0n) is 12.0. The van der Waals surface area contributed by atoms with Crippen LogP contribution in [-0.2, 0) is 0 Å². The first kappa shape index (κ1) is 14.5. The number of hydrogen-bond donors (Lipinski definition) is 3. The smallest absolute Gasteiger partial charge is 0.254 e. The Balaban J connectivity index is 2.08. The third kappa shape index (κ3) is 2.31. The Morgan fingerprint density at radius 2 is 2.36 bits per heavy atom. The number of amides is 1. The fraction of sp³-hybridized carbons (Fsp3) is 0.357. The van der Waals surface area contributed by atoms with Crippen LogP contribution in [0, 0.1) is 5.82 Å². The van der Waals surface area contributed by atoms with E-state index in [1.54, 1.807) is 0 Å². The molecular formula is C14H16FN5O2. The Kier molecular flexibility index (Phi) is 3.53. The summed E-state index contributed by atoms with van der Waals surface area (Å²) in [6.45, 7) is 1.33. The van der Waals surface area contributed by atoms with Crippen molar-refractivity contribution in [3.8, 4) is 0 Å². The van der Waals surface area contributed by atoms with Crippen LogP contribution in [0.3, 0.4) is 0 Å². The highest BCUT2D eigenvalue weighted by Gasteiger charge is 2.25. The summed E-state index contributed by atoms with van der Waals surface area (Å²) in [4.78, 5) is 32.0. The second-order valence-corrected chi connectivity index (χ2v) is 5.31. The van der Waals surface area contributed by atoms with Crippen molar-refractivity contribution in [3.05, 3.63) is 33.9 Å². The summed E-state index contributed by atoms with van der Waals surface area (Å²) in [6, 6.07) is 1.39. The molecule has 116 valence electrons. The van der Waals surface area contributed by atoms with Crippen molar-refractivity contribution in [1.29, 1.82) is 0 Å². The van der Waals surface area contributed by atoms with E-state index >= 15 is 0 Å². The van der Waals surface area contributed by atoms with Crippen LogP contribution >= 0.6 is 0 Å². The van der Waals surface area contributed by atoms with Gasteiger partial charge in [0.25, 0.3) is 5.91 Å². The van der Waals surface area contributed by atoms with Crippen LogP contribution in [0.5, 0.6) is 0 Å². The molecule has 1 amide bonds. The maximum absolute atomic E-state index is 14.3. The van der Waals surface area contributed by atoms with Crippen LogP contribution in [0.2, 0.25) is 0 Å². The van der Waals surface area contributed by atoms with E-state index in [0.29, 0.717) is 13.1 Å². The molecule has 0 aliphatic carbocycles. The van der Waals surface area contributed by atoms with Gasteiger partial charge in [-0.2, -0.15) is 0 Å². The van der Waals surface area contributed by atoms with Gasteiger partial charge in [-0.15, -0.1) is 0 Å². The lowest BCUT2D eigenvalue weighted by atomic mass is 10.2. The van der Waals surface area contributed by atoms with Crippen molar-refractivity contribution in [2.45, 2.75) is 12.5 Å². The van der Waals surface area contributed by atoms with Crippen molar-refractivity contribution < 1.29 is 9.18 Å². The molecule has 1 atom stereocenters. The lowest BCUT2D eigenvalue weighted by Crippen LogP contribution is -2.30. The molecule has 1 aliphatic rings. The number of aromatic nitrogens is 2. The number of nitrogens with two attached hydrogens (primary N) is 1. The summed E-state index contributed by atoms with van der Waals surface area (Å²) in [5.74, 6) is -1.24. The van der Waals surface area contributed by atoms with Gasteiger partial charge in [0.1, 0.15) is 11.2 Å². The normalized spacial score (nSPS) is 18.1. The van der Waals surface area contributed by atoms with Crippen molar-refractivity contribution in [1.82, 2.24) is 15.3 Å². The van der Waals surface area contributed by atoms with E-state index in [4.69, 9.17) is 5.73 Å². The quantitative estimate of drug-likeness (QED) is 0.738. The molecule has 1 unspecified atom stereocenters. The molecule has 1 aliphatic heterocycles. The number of anilines is 1. The minimum atomic E-state index is -0.857. The number of aromatic amines is 1. The van der Waals surface area contributed by atoms with Crippen LogP contribution in [0.4, 0.5) is 10.2 Å². The number of hydrogen-bond acceptors (Lipinski definition) is 5. The number of halogens is 1. The minimum absolute atomic E-state index is 0.0157. The summed E-state index contributed by atoms with van der Waals surface area (Å²) >= 11 is 0. The zero-order chi connectivity index (χ0) is 15.9. The van der Waals surface area contributed by atoms with E-state index in [-0.39, 0.29) is 28.5 Å². The molecule has 1 fully saturated rings. The van der Waals surface area contributed by atoms with Crippen molar-refractivity contribution in [2.24, 2.45) is 5.73 Å². The maximum atomic E-state index is 14.3. The van der Waals surface area contributed by atoms with Gasteiger partial charge in [-0.25, -0.2) is 9.37 Å². The first-order chi connectivity index (χ1) is 10.5. The summed E-state index contributed by atoms with van der Waals surface area (Å²) in [5.41, 5.74) is 4.52. The number of H-pyrrole nitrogens is 1. The monoisotopic (exact) mass is 305 g/mol. The average molecular weight is 305 g/mol. The predicted molar refractivity (Wildman–Crippen MR) is 80.5 cm³/mol. The highest BCUT2D eigenvalue weighted by Crippen LogP contribution is 2.23. The molecule has 3 rings (SSSR count). The molecule has 8 heteroatoms. The first-order valence-corrected chi connectivity index (χ1v) is 6.95. The van der Waals surface area contributed by atoms with Gasteiger partial charge >= 0.3 is 0 Å². The number of pyridine rings is 2. The summed E-state index contributed by atoms with van der Waals surface area (Å²) in [7, 11) is 1.86. The average Bonchev–Trinajstić information content (AvgIpc) is 2.96. The summed E-state index contributed by atoms with van der Waals surface area (Å²) in [6.07, 6.45) is 2.11. The molecule has 22 heavy (non-hydrogen) atoms. The molecule has 7 nitrogen and oxygen atoms in total. The van der Waals surface area contributed by atoms with Crippen molar-refractivity contribution in [3.63, 3.8) is 0 Å². The van der Waals surface area contributed by atoms with Crippen LogP contribution in [0.15, 0.2) is 17.1 Å². The second-order valence-electron chi connectivity index (χ2n) is 5.31. The summed E-state index contributed by atoms with van der Waals surface area (Å²) in [5, 5.41) is 3.16. The first-order valence-electron chi connectivity index (χ1n) is 6.95. The number of nitrogens with zero attached hydrogens (tertiary/aromatic N) is 2. The second kappa shape index (κ2) is 5.38. The number of rotatable bonds is 3. The predicted octanol–water partition coefficient (Wildman–Crippen LogP) is -0.0408. The fourth-order valence-corrected chi connectivity index (χ4v) is 2.71. The van der Waals surface area contributed by atoms with Crippen LogP contribution in [0.1, 0.15) is 16.8 Å². The van der Waals surface area contributed by atoms with Gasteiger partial charge in [-0.3, -0.25) is 9.59 Å². The molecule has 0 aromatic carbocycles. The van der Waals surface area contributed by atoms with Gasteiger partial charge < -0.3 is 20.9 Å². The minimum Gasteiger partial charge on any atom is -0.365 e. The third-order valence-electron chi connectivity index (χ3n) is 3.96. The molecule has 2 aromatic heterocycles. The van der Waals surface area contributed by atoms with E-state index in [0.717, 1.165) is 12.5 Å². The molecule has 0 saturated carbocycles. The molecule has 2 aromatic rings. The maximum Gasteiger partial charge on any atom is 0.254 e. The SMILES string of the molecule is CNC1CCN(c2nc3[nH]cc(C(N)=O)c(=O)c3cc2F)C1. The zero-order valence-corrected chi connectivity index (χ0v) is 12.0. The molecular weight excluding hydrogens is 289 g/mol. The molecule has 0 spiro atoms. The number of carbonyl (C=O) groups excluding carboxylic acids is 1. The van der Waals surface area contributed by atoms with Gasteiger partial charge in [0.05, 0.1) is 5.39 Å². The third-order valence-corrected chi connectivity index (χ3v) is 3.96. The van der Waals surface area contributed by atoms with E-state index in [2.05, 4.69) is 15.3 Å². The number of likely N-dealkylation sites (N-methyl/N-ethyl adjacent to an activating group) is 1. The van der Waals surface area contributed by atoms with Gasteiger partial charge in [-0.1, -0.05) is 0 Å². The van der Waals surface area contributed by atoms with Crippen LogP contribution < -0.4 is 21.4 Å². The molecule has 3 heterocycles. The Morgan fingerprint density at radius 3 is 3.00 bits per heavy atom. The topological polar surface area (TPSA) is 104 Å². The van der Waals surface area contributed by atoms with Gasteiger partial charge in [-0.05, 0) is 19.5 Å². The number of fused-ring (bicyclic) bond motifs is 1. The molecule has 0 radical (unpaired) electrons. The fourth-order valence-electron chi connectivity index (χ4n) is 2.71. The van der Waals surface area contributed by atoms with E-state index in [1.165, 1.54) is 6.20 Å². The van der Waals surface area contributed by atoms with E-state index in [9.17, 15) is 14.0 Å². The van der Waals surface area contributed by atoms with Gasteiger partial charge in [0.2, 0.25) is 5.43 Å². The number of primary amides is 1. The van der Waals surface area contributed by atoms with E-state index < -0.39 is 17.2 Å². The Hall–Kier alpha value is -2.48. The van der Waals surface area contributed by atoms with Gasteiger partial charge in [0.15, 0.2) is 11.6 Å². The Bertz CT molecular complexity index is 804. The van der Waals surface area contributed by atoms with Crippen LogP contribution in [0.25, 0.3) is 11.0 Å². The van der Waals surface area contributed by atoms with Crippen molar-refractivity contribution >= 4 is 22.8 Å². The van der Waals surface area contributed by atoms with E-state index in [1.807, 2.05) is 11.9 Å². The largest absolute Gasteiger partial charge is 0.365 e. The highest BCUT2D eigenvalue weighted by molar-refractivity contribution is 5.95. The highest BCUT2D eigenvalue weighted by atomic mass is 19.1.